The minimum Gasteiger partial charge on any atom is -0.344 e. The van der Waals surface area contributed by atoms with Crippen LogP contribution in [0.5, 0.6) is 0 Å². The van der Waals surface area contributed by atoms with Crippen molar-refractivity contribution < 1.29 is 4.79 Å². The number of aryl methyl sites for hydroxylation is 2. The lowest BCUT2D eigenvalue weighted by Crippen LogP contribution is -2.32. The Kier molecular flexibility index (Phi) is 3.61. The van der Waals surface area contributed by atoms with Gasteiger partial charge in [0.05, 0.1) is 12.5 Å². The van der Waals surface area contributed by atoms with E-state index in [-0.39, 0.29) is 11.9 Å². The largest absolute Gasteiger partial charge is 0.344 e. The van der Waals surface area contributed by atoms with Crippen molar-refractivity contribution in [1.82, 2.24) is 14.9 Å². The quantitative estimate of drug-likeness (QED) is 0.944. The van der Waals surface area contributed by atoms with E-state index in [1.54, 1.807) is 11.3 Å². The minimum atomic E-state index is 0.122. The number of hydrogen-bond acceptors (Lipinski definition) is 3. The second-order valence-electron chi connectivity index (χ2n) is 5.39. The van der Waals surface area contributed by atoms with Crippen LogP contribution < -0.4 is 0 Å². The van der Waals surface area contributed by atoms with Gasteiger partial charge >= 0.3 is 0 Å². The van der Waals surface area contributed by atoms with Crippen LogP contribution in [-0.4, -0.2) is 27.3 Å². The van der Waals surface area contributed by atoms with Crippen molar-refractivity contribution in [3.63, 3.8) is 0 Å². The van der Waals surface area contributed by atoms with Gasteiger partial charge in [-0.3, -0.25) is 4.79 Å². The number of likely N-dealkylation sites (tertiary alicyclic amines) is 1. The average molecular weight is 289 g/mol. The molecule has 1 amide bonds. The van der Waals surface area contributed by atoms with Crippen LogP contribution in [0.4, 0.5) is 0 Å². The zero-order chi connectivity index (χ0) is 14.1. The molecule has 1 saturated heterocycles. The number of imidazole rings is 1. The summed E-state index contributed by atoms with van der Waals surface area (Å²) < 4.78 is 0. The fraction of sp³-hybridized carbons (Fsp3) is 0.467. The number of thiophene rings is 1. The molecule has 3 rings (SSSR count). The Morgan fingerprint density at radius 2 is 2.35 bits per heavy atom. The van der Waals surface area contributed by atoms with E-state index in [0.29, 0.717) is 6.42 Å². The summed E-state index contributed by atoms with van der Waals surface area (Å²) in [4.78, 5) is 24.6. The number of nitrogens with zero attached hydrogens (tertiary/aromatic N) is 2. The second-order valence-corrected chi connectivity index (χ2v) is 6.76. The maximum Gasteiger partial charge on any atom is 0.228 e. The van der Waals surface area contributed by atoms with Crippen molar-refractivity contribution >= 4 is 17.2 Å². The third kappa shape index (κ3) is 2.63. The molecule has 4 nitrogen and oxygen atoms in total. The Hall–Kier alpha value is -1.62. The van der Waals surface area contributed by atoms with Crippen molar-refractivity contribution in [2.45, 2.75) is 39.2 Å². The third-order valence-electron chi connectivity index (χ3n) is 3.73. The molecule has 0 aliphatic carbocycles. The summed E-state index contributed by atoms with van der Waals surface area (Å²) in [6.07, 6.45) is 4.40. The zero-order valence-electron chi connectivity index (χ0n) is 11.8. The molecule has 20 heavy (non-hydrogen) atoms. The normalized spacial score (nSPS) is 18.7. The van der Waals surface area contributed by atoms with Crippen LogP contribution >= 0.6 is 11.3 Å². The number of carbonyl (C=O) groups excluding carboxylic acids is 1. The monoisotopic (exact) mass is 289 g/mol. The molecule has 0 radical (unpaired) electrons. The molecule has 0 spiro atoms. The molecular weight excluding hydrogens is 270 g/mol. The molecule has 0 aromatic carbocycles. The van der Waals surface area contributed by atoms with Crippen molar-refractivity contribution in [3.8, 4) is 0 Å². The van der Waals surface area contributed by atoms with Gasteiger partial charge in [0.25, 0.3) is 0 Å². The lowest BCUT2D eigenvalue weighted by molar-refractivity contribution is -0.131. The highest BCUT2D eigenvalue weighted by Crippen LogP contribution is 2.31. The molecule has 1 aliphatic heterocycles. The number of hydrogen-bond donors (Lipinski definition) is 1. The van der Waals surface area contributed by atoms with Crippen LogP contribution in [0.2, 0.25) is 0 Å². The van der Waals surface area contributed by atoms with E-state index in [4.69, 9.17) is 0 Å². The number of rotatable bonds is 3. The number of amides is 1. The number of aromatic amines is 1. The van der Waals surface area contributed by atoms with Gasteiger partial charge in [-0.25, -0.2) is 4.98 Å². The van der Waals surface area contributed by atoms with E-state index < -0.39 is 0 Å². The van der Waals surface area contributed by atoms with Crippen molar-refractivity contribution in [3.05, 3.63) is 39.6 Å². The molecule has 2 aromatic rings. The standard InChI is InChI=1S/C15H19N3OS/c1-10-9-16-15(17-10)13-4-3-7-18(13)14(19)8-12-6-5-11(2)20-12/h5-6,9,13H,3-4,7-8H2,1-2H3,(H,16,17)/t13-/m0/s1. The predicted molar refractivity (Wildman–Crippen MR) is 79.8 cm³/mol. The molecule has 3 heterocycles. The van der Waals surface area contributed by atoms with Crippen LogP contribution in [0.15, 0.2) is 18.3 Å². The first-order chi connectivity index (χ1) is 9.63. The number of nitrogens with one attached hydrogen (secondary N) is 1. The molecule has 2 aromatic heterocycles. The highest BCUT2D eigenvalue weighted by atomic mass is 32.1. The molecule has 5 heteroatoms. The van der Waals surface area contributed by atoms with Gasteiger partial charge in [-0.2, -0.15) is 0 Å². The van der Waals surface area contributed by atoms with Crippen LogP contribution in [0, 0.1) is 13.8 Å². The van der Waals surface area contributed by atoms with Gasteiger partial charge in [0.2, 0.25) is 5.91 Å². The lowest BCUT2D eigenvalue weighted by Gasteiger charge is -2.23. The first-order valence-corrected chi connectivity index (χ1v) is 7.81. The predicted octanol–water partition coefficient (Wildman–Crippen LogP) is 2.99. The third-order valence-corrected chi connectivity index (χ3v) is 4.73. The zero-order valence-corrected chi connectivity index (χ0v) is 12.7. The van der Waals surface area contributed by atoms with Gasteiger partial charge in [0, 0.05) is 28.2 Å². The molecular formula is C15H19N3OS. The highest BCUT2D eigenvalue weighted by Gasteiger charge is 2.31. The van der Waals surface area contributed by atoms with E-state index in [9.17, 15) is 4.79 Å². The van der Waals surface area contributed by atoms with Crippen LogP contribution in [0.3, 0.4) is 0 Å². The Labute approximate surface area is 122 Å². The Bertz CT molecular complexity index is 616. The van der Waals surface area contributed by atoms with E-state index in [0.717, 1.165) is 35.8 Å². The Morgan fingerprint density at radius 1 is 1.50 bits per heavy atom. The summed E-state index contributed by atoms with van der Waals surface area (Å²) in [5.41, 5.74) is 1.05. The van der Waals surface area contributed by atoms with Gasteiger partial charge in [-0.05, 0) is 38.8 Å². The van der Waals surface area contributed by atoms with Gasteiger partial charge in [-0.1, -0.05) is 0 Å². The van der Waals surface area contributed by atoms with E-state index in [1.807, 2.05) is 18.0 Å². The van der Waals surface area contributed by atoms with E-state index >= 15 is 0 Å². The van der Waals surface area contributed by atoms with Gasteiger partial charge in [0.15, 0.2) is 0 Å². The van der Waals surface area contributed by atoms with Gasteiger partial charge in [0.1, 0.15) is 5.82 Å². The van der Waals surface area contributed by atoms with Crippen LogP contribution in [-0.2, 0) is 11.2 Å². The molecule has 1 N–H and O–H groups in total. The van der Waals surface area contributed by atoms with Gasteiger partial charge < -0.3 is 9.88 Å². The summed E-state index contributed by atoms with van der Waals surface area (Å²) in [5, 5.41) is 0. The Balaban J connectivity index is 1.73. The second kappa shape index (κ2) is 5.40. The van der Waals surface area contributed by atoms with Crippen molar-refractivity contribution in [2.75, 3.05) is 6.54 Å². The number of carbonyl (C=O) groups is 1. The highest BCUT2D eigenvalue weighted by molar-refractivity contribution is 7.12. The SMILES string of the molecule is Cc1cnc([C@@H]2CCCN2C(=O)Cc2ccc(C)s2)[nH]1. The van der Waals surface area contributed by atoms with Crippen molar-refractivity contribution in [2.24, 2.45) is 0 Å². The molecule has 0 saturated carbocycles. The van der Waals surface area contributed by atoms with Gasteiger partial charge in [-0.15, -0.1) is 11.3 Å². The maximum atomic E-state index is 12.5. The molecule has 1 aliphatic rings. The molecule has 0 bridgehead atoms. The summed E-state index contributed by atoms with van der Waals surface area (Å²) in [6, 6.07) is 4.25. The minimum absolute atomic E-state index is 0.122. The first kappa shape index (κ1) is 13.4. The maximum absolute atomic E-state index is 12.5. The summed E-state index contributed by atoms with van der Waals surface area (Å²) >= 11 is 1.71. The molecule has 1 atom stereocenters. The fourth-order valence-corrected chi connectivity index (χ4v) is 3.66. The topological polar surface area (TPSA) is 49.0 Å². The van der Waals surface area contributed by atoms with Crippen LogP contribution in [0.1, 0.15) is 40.2 Å². The molecule has 0 unspecified atom stereocenters. The first-order valence-electron chi connectivity index (χ1n) is 7.00. The number of aromatic nitrogens is 2. The summed E-state index contributed by atoms with van der Waals surface area (Å²) in [5.74, 6) is 1.14. The van der Waals surface area contributed by atoms with E-state index in [2.05, 4.69) is 29.0 Å². The molecule has 1 fully saturated rings. The smallest absolute Gasteiger partial charge is 0.228 e. The van der Waals surface area contributed by atoms with Crippen LogP contribution in [0.25, 0.3) is 0 Å². The Morgan fingerprint density at radius 3 is 3.00 bits per heavy atom. The summed E-state index contributed by atoms with van der Waals surface area (Å²) in [7, 11) is 0. The van der Waals surface area contributed by atoms with Crippen molar-refractivity contribution in [1.29, 1.82) is 0 Å². The average Bonchev–Trinajstić information content (AvgIpc) is 3.09. The number of H-pyrrole nitrogens is 1. The van der Waals surface area contributed by atoms with E-state index in [1.165, 1.54) is 4.88 Å². The summed E-state index contributed by atoms with van der Waals surface area (Å²) in [6.45, 7) is 4.91. The fourth-order valence-electron chi connectivity index (χ4n) is 2.78. The lowest BCUT2D eigenvalue weighted by atomic mass is 10.2. The molecule has 106 valence electrons.